The van der Waals surface area contributed by atoms with Crippen molar-refractivity contribution >= 4 is 33.4 Å². The van der Waals surface area contributed by atoms with Crippen LogP contribution >= 0.6 is 11.6 Å². The van der Waals surface area contributed by atoms with Gasteiger partial charge in [-0.05, 0) is 29.8 Å². The predicted molar refractivity (Wildman–Crippen MR) is 85.3 cm³/mol. The maximum Gasteiger partial charge on any atom is 0.223 e. The molecule has 3 nitrogen and oxygen atoms in total. The van der Waals surface area contributed by atoms with Gasteiger partial charge in [-0.3, -0.25) is 0 Å². The van der Waals surface area contributed by atoms with Crippen LogP contribution in [0.1, 0.15) is 0 Å². The number of benzene rings is 2. The van der Waals surface area contributed by atoms with Crippen molar-refractivity contribution in [2.24, 2.45) is 0 Å². The molecule has 0 aliphatic heterocycles. The Balaban J connectivity index is 2.03. The van der Waals surface area contributed by atoms with Crippen LogP contribution in [0.15, 0.2) is 60.7 Å². The average molecular weight is 292 g/mol. The minimum absolute atomic E-state index is 0.235. The maximum absolute atomic E-state index is 6.04. The zero-order valence-electron chi connectivity index (χ0n) is 11.0. The van der Waals surface area contributed by atoms with E-state index in [0.29, 0.717) is 0 Å². The lowest BCUT2D eigenvalue weighted by molar-refractivity contribution is 1.21. The van der Waals surface area contributed by atoms with Gasteiger partial charge in [0.25, 0.3) is 0 Å². The minimum Gasteiger partial charge on any atom is -0.246 e. The number of aromatic nitrogens is 3. The monoisotopic (exact) mass is 291 g/mol. The largest absolute Gasteiger partial charge is 0.246 e. The van der Waals surface area contributed by atoms with Crippen LogP contribution in [0, 0.1) is 0 Å². The lowest BCUT2D eigenvalue weighted by atomic mass is 10.1. The quantitative estimate of drug-likeness (QED) is 0.485. The number of rotatable bonds is 1. The van der Waals surface area contributed by atoms with E-state index in [1.807, 2.05) is 60.7 Å². The van der Waals surface area contributed by atoms with Crippen molar-refractivity contribution in [2.75, 3.05) is 0 Å². The molecule has 100 valence electrons. The predicted octanol–water partition coefficient (Wildman–Crippen LogP) is 4.50. The first-order valence-electron chi connectivity index (χ1n) is 6.60. The van der Waals surface area contributed by atoms with Crippen LogP contribution in [0.4, 0.5) is 0 Å². The first-order chi connectivity index (χ1) is 10.3. The van der Waals surface area contributed by atoms with Gasteiger partial charge in [0.15, 0.2) is 0 Å². The molecular formula is C17H10ClN3. The van der Waals surface area contributed by atoms with E-state index in [-0.39, 0.29) is 5.28 Å². The van der Waals surface area contributed by atoms with E-state index in [1.165, 1.54) is 0 Å². The van der Waals surface area contributed by atoms with Crippen LogP contribution < -0.4 is 0 Å². The van der Waals surface area contributed by atoms with Gasteiger partial charge in [0, 0.05) is 10.8 Å². The molecule has 0 spiro atoms. The molecule has 0 atom stereocenters. The SMILES string of the molecule is Clc1nc(-c2ccc3ccccc3n2)c2ccccc2n1. The Morgan fingerprint density at radius 3 is 2.33 bits per heavy atom. The molecule has 0 bridgehead atoms. The number of fused-ring (bicyclic) bond motifs is 2. The second kappa shape index (κ2) is 4.79. The summed E-state index contributed by atoms with van der Waals surface area (Å²) in [5.74, 6) is 0. The maximum atomic E-state index is 6.04. The number of hydrogen-bond donors (Lipinski definition) is 0. The van der Waals surface area contributed by atoms with Crippen molar-refractivity contribution in [3.8, 4) is 11.4 Å². The van der Waals surface area contributed by atoms with Gasteiger partial charge >= 0.3 is 0 Å². The van der Waals surface area contributed by atoms with E-state index < -0.39 is 0 Å². The molecule has 0 aliphatic rings. The van der Waals surface area contributed by atoms with Crippen molar-refractivity contribution in [3.63, 3.8) is 0 Å². The zero-order valence-corrected chi connectivity index (χ0v) is 11.7. The fraction of sp³-hybridized carbons (Fsp3) is 0. The van der Waals surface area contributed by atoms with E-state index in [4.69, 9.17) is 11.6 Å². The second-order valence-corrected chi connectivity index (χ2v) is 5.09. The van der Waals surface area contributed by atoms with E-state index in [2.05, 4.69) is 15.0 Å². The molecule has 0 fully saturated rings. The van der Waals surface area contributed by atoms with E-state index in [1.54, 1.807) is 0 Å². The Morgan fingerprint density at radius 1 is 0.667 bits per heavy atom. The third-order valence-electron chi connectivity index (χ3n) is 3.42. The molecule has 0 saturated heterocycles. The lowest BCUT2D eigenvalue weighted by Gasteiger charge is -2.06. The van der Waals surface area contributed by atoms with Gasteiger partial charge in [-0.15, -0.1) is 0 Å². The Bertz CT molecular complexity index is 966. The molecule has 2 heterocycles. The Kier molecular flexibility index (Phi) is 2.79. The van der Waals surface area contributed by atoms with Gasteiger partial charge < -0.3 is 0 Å². The summed E-state index contributed by atoms with van der Waals surface area (Å²) in [6, 6.07) is 19.8. The highest BCUT2D eigenvalue weighted by molar-refractivity contribution is 6.28. The van der Waals surface area contributed by atoms with Crippen LogP contribution in [0.2, 0.25) is 5.28 Å². The van der Waals surface area contributed by atoms with Crippen molar-refractivity contribution in [1.29, 1.82) is 0 Å². The van der Waals surface area contributed by atoms with Gasteiger partial charge in [-0.2, -0.15) is 0 Å². The van der Waals surface area contributed by atoms with Crippen LogP contribution in [0.5, 0.6) is 0 Å². The fourth-order valence-corrected chi connectivity index (χ4v) is 2.62. The summed E-state index contributed by atoms with van der Waals surface area (Å²) in [7, 11) is 0. The third-order valence-corrected chi connectivity index (χ3v) is 3.59. The summed E-state index contributed by atoms with van der Waals surface area (Å²) in [5.41, 5.74) is 3.32. The molecule has 0 radical (unpaired) electrons. The van der Waals surface area contributed by atoms with Gasteiger partial charge in [0.1, 0.15) is 5.69 Å². The average Bonchev–Trinajstić information content (AvgIpc) is 2.53. The highest BCUT2D eigenvalue weighted by Crippen LogP contribution is 2.27. The van der Waals surface area contributed by atoms with E-state index in [9.17, 15) is 0 Å². The van der Waals surface area contributed by atoms with Crippen molar-refractivity contribution in [1.82, 2.24) is 15.0 Å². The Morgan fingerprint density at radius 2 is 1.43 bits per heavy atom. The fourth-order valence-electron chi connectivity index (χ4n) is 2.44. The third kappa shape index (κ3) is 2.12. The summed E-state index contributed by atoms with van der Waals surface area (Å²) in [6.45, 7) is 0. The molecule has 2 aromatic heterocycles. The minimum atomic E-state index is 0.235. The zero-order chi connectivity index (χ0) is 14.2. The number of pyridine rings is 1. The molecule has 0 unspecified atom stereocenters. The smallest absolute Gasteiger partial charge is 0.223 e. The van der Waals surface area contributed by atoms with Gasteiger partial charge in [-0.1, -0.05) is 42.5 Å². The molecule has 4 rings (SSSR count). The van der Waals surface area contributed by atoms with E-state index in [0.717, 1.165) is 33.2 Å². The summed E-state index contributed by atoms with van der Waals surface area (Å²) < 4.78 is 0. The summed E-state index contributed by atoms with van der Waals surface area (Å²) in [4.78, 5) is 13.3. The number of hydrogen-bond acceptors (Lipinski definition) is 3. The highest BCUT2D eigenvalue weighted by Gasteiger charge is 2.10. The molecule has 0 aliphatic carbocycles. The second-order valence-electron chi connectivity index (χ2n) is 4.75. The molecule has 0 N–H and O–H groups in total. The number of nitrogens with zero attached hydrogens (tertiary/aromatic N) is 3. The topological polar surface area (TPSA) is 38.7 Å². The normalized spacial score (nSPS) is 11.1. The standard InChI is InChI=1S/C17H10ClN3/c18-17-20-14-8-4-2-6-12(14)16(21-17)15-10-9-11-5-1-3-7-13(11)19-15/h1-10H. The van der Waals surface area contributed by atoms with Crippen LogP contribution in [-0.2, 0) is 0 Å². The van der Waals surface area contributed by atoms with Gasteiger partial charge in [-0.25, -0.2) is 15.0 Å². The van der Waals surface area contributed by atoms with Crippen molar-refractivity contribution in [2.45, 2.75) is 0 Å². The molecule has 0 amide bonds. The van der Waals surface area contributed by atoms with Gasteiger partial charge in [0.05, 0.1) is 16.7 Å². The van der Waals surface area contributed by atoms with Crippen LogP contribution in [-0.4, -0.2) is 15.0 Å². The molecule has 21 heavy (non-hydrogen) atoms. The number of halogens is 1. The molecule has 4 aromatic rings. The molecule has 0 saturated carbocycles. The lowest BCUT2D eigenvalue weighted by Crippen LogP contribution is -1.93. The highest BCUT2D eigenvalue weighted by atomic mass is 35.5. The summed E-state index contributed by atoms with van der Waals surface area (Å²) >= 11 is 6.04. The van der Waals surface area contributed by atoms with Crippen molar-refractivity contribution < 1.29 is 0 Å². The van der Waals surface area contributed by atoms with E-state index >= 15 is 0 Å². The first kappa shape index (κ1) is 12.2. The Labute approximate surface area is 126 Å². The van der Waals surface area contributed by atoms with Gasteiger partial charge in [0.2, 0.25) is 5.28 Å². The molecular weight excluding hydrogens is 282 g/mol. The number of para-hydroxylation sites is 2. The van der Waals surface area contributed by atoms with Crippen LogP contribution in [0.25, 0.3) is 33.2 Å². The first-order valence-corrected chi connectivity index (χ1v) is 6.97. The summed E-state index contributed by atoms with van der Waals surface area (Å²) in [6.07, 6.45) is 0. The molecule has 2 aromatic carbocycles. The molecule has 4 heteroatoms. The Hall–Kier alpha value is -2.52. The van der Waals surface area contributed by atoms with Crippen LogP contribution in [0.3, 0.4) is 0 Å². The summed E-state index contributed by atoms with van der Waals surface area (Å²) in [5, 5.41) is 2.29. The van der Waals surface area contributed by atoms with Crippen molar-refractivity contribution in [3.05, 3.63) is 65.9 Å².